The van der Waals surface area contributed by atoms with Gasteiger partial charge in [-0.25, -0.2) is 0 Å². The van der Waals surface area contributed by atoms with Crippen LogP contribution in [0.2, 0.25) is 0 Å². The van der Waals surface area contributed by atoms with Crippen LogP contribution in [0.4, 0.5) is 0 Å². The maximum Gasteiger partial charge on any atom is 0.145 e. The lowest BCUT2D eigenvalue weighted by Crippen LogP contribution is -1.96. The van der Waals surface area contributed by atoms with Gasteiger partial charge in [0, 0.05) is 6.20 Å². The molecule has 19 heavy (non-hydrogen) atoms. The molecule has 0 saturated heterocycles. The molecule has 3 heteroatoms. The maximum atomic E-state index is 5.62. The van der Waals surface area contributed by atoms with Crippen molar-refractivity contribution in [1.29, 1.82) is 0 Å². The van der Waals surface area contributed by atoms with Crippen molar-refractivity contribution < 1.29 is 9.47 Å². The zero-order valence-electron chi connectivity index (χ0n) is 10.5. The molecule has 1 aliphatic heterocycles. The predicted octanol–water partition coefficient (Wildman–Crippen LogP) is 3.64. The number of aromatic nitrogens is 1. The molecular weight excluding hydrogens is 238 g/mol. The molecule has 0 atom stereocenters. The summed E-state index contributed by atoms with van der Waals surface area (Å²) in [4.78, 5) is 4.28. The number of rotatable bonds is 0. The molecule has 0 bridgehead atoms. The van der Waals surface area contributed by atoms with E-state index in [0.29, 0.717) is 6.61 Å². The van der Waals surface area contributed by atoms with Crippen molar-refractivity contribution in [3.63, 3.8) is 0 Å². The van der Waals surface area contributed by atoms with E-state index < -0.39 is 0 Å². The normalized spacial score (nSPS) is 23.4. The van der Waals surface area contributed by atoms with Crippen molar-refractivity contribution in [3.05, 3.63) is 79.1 Å². The number of hydrogen-bond donors (Lipinski definition) is 0. The van der Waals surface area contributed by atoms with Gasteiger partial charge < -0.3 is 9.47 Å². The molecule has 0 amide bonds. The number of nitrogens with zero attached hydrogens (tertiary/aromatic N) is 1. The summed E-state index contributed by atoms with van der Waals surface area (Å²) >= 11 is 0. The van der Waals surface area contributed by atoms with Crippen molar-refractivity contribution in [3.8, 4) is 5.75 Å². The fraction of sp³-hybridized carbons (Fsp3) is 0.0625. The van der Waals surface area contributed by atoms with Crippen LogP contribution in [0.15, 0.2) is 73.4 Å². The Morgan fingerprint density at radius 1 is 0.947 bits per heavy atom. The fourth-order valence-corrected chi connectivity index (χ4v) is 1.42. The number of pyridine rings is 1. The molecule has 96 valence electrons. The smallest absolute Gasteiger partial charge is 0.145 e. The Bertz CT molecular complexity index is 539. The highest BCUT2D eigenvalue weighted by atomic mass is 16.5. The first kappa shape index (κ1) is 12.9. The minimum Gasteiger partial charge on any atom is -0.487 e. The van der Waals surface area contributed by atoms with E-state index in [9.17, 15) is 0 Å². The topological polar surface area (TPSA) is 31.4 Å². The van der Waals surface area contributed by atoms with Crippen LogP contribution >= 0.6 is 0 Å². The SMILES string of the molecule is C1=C\C=C/O/C=C\COc2cccnc2/C=C\C=C/1. The Hall–Kier alpha value is -2.55. The molecule has 2 rings (SSSR count). The Balaban J connectivity index is 2.18. The predicted molar refractivity (Wildman–Crippen MR) is 76.4 cm³/mol. The minimum atomic E-state index is 0.437. The number of fused-ring (bicyclic) bond motifs is 1. The Labute approximate surface area is 112 Å². The summed E-state index contributed by atoms with van der Waals surface area (Å²) < 4.78 is 10.8. The van der Waals surface area contributed by atoms with E-state index in [1.165, 1.54) is 0 Å². The lowest BCUT2D eigenvalue weighted by Gasteiger charge is -2.05. The quantitative estimate of drug-likeness (QED) is 0.707. The standard InChI is InChI=1S/C16H15NO2/c1-2-4-6-12-18-13-8-14-19-16-10-7-11-17-15(16)9-5-3-1/h1-13H,14H2/b3-1-,4-2-,9-5-,12-6-,13-8-. The molecule has 0 fully saturated rings. The van der Waals surface area contributed by atoms with Crippen molar-refractivity contribution in [2.45, 2.75) is 0 Å². The summed E-state index contributed by atoms with van der Waals surface area (Å²) in [6.45, 7) is 0.437. The molecular formula is C16H15NO2. The van der Waals surface area contributed by atoms with E-state index in [-0.39, 0.29) is 0 Å². The average molecular weight is 253 g/mol. The Kier molecular flexibility index (Phi) is 5.24. The van der Waals surface area contributed by atoms with Crippen LogP contribution in [0.5, 0.6) is 5.75 Å². The molecule has 0 aliphatic carbocycles. The molecule has 0 unspecified atom stereocenters. The lowest BCUT2D eigenvalue weighted by molar-refractivity contribution is 0.347. The molecule has 0 N–H and O–H groups in total. The molecule has 0 aromatic carbocycles. The Morgan fingerprint density at radius 3 is 2.74 bits per heavy atom. The van der Waals surface area contributed by atoms with Gasteiger partial charge in [-0.1, -0.05) is 30.4 Å². The second-order valence-electron chi connectivity index (χ2n) is 3.66. The third-order valence-corrected chi connectivity index (χ3v) is 2.28. The van der Waals surface area contributed by atoms with E-state index in [1.807, 2.05) is 54.7 Å². The van der Waals surface area contributed by atoms with Crippen LogP contribution in [0.25, 0.3) is 6.08 Å². The highest BCUT2D eigenvalue weighted by molar-refractivity contribution is 5.54. The van der Waals surface area contributed by atoms with Gasteiger partial charge in [0.25, 0.3) is 0 Å². The summed E-state index contributed by atoms with van der Waals surface area (Å²) in [6.07, 6.45) is 20.1. The van der Waals surface area contributed by atoms with Crippen molar-refractivity contribution in [1.82, 2.24) is 4.98 Å². The molecule has 0 saturated carbocycles. The zero-order chi connectivity index (χ0) is 13.2. The summed E-state index contributed by atoms with van der Waals surface area (Å²) in [5, 5.41) is 0. The number of ether oxygens (including phenoxy) is 2. The number of allylic oxidation sites excluding steroid dienone is 6. The van der Waals surface area contributed by atoms with Crippen LogP contribution in [-0.2, 0) is 4.74 Å². The maximum absolute atomic E-state index is 5.62. The Morgan fingerprint density at radius 2 is 1.79 bits per heavy atom. The second-order valence-corrected chi connectivity index (χ2v) is 3.66. The van der Waals surface area contributed by atoms with E-state index in [0.717, 1.165) is 11.4 Å². The van der Waals surface area contributed by atoms with Gasteiger partial charge in [-0.05, 0) is 30.4 Å². The minimum absolute atomic E-state index is 0.437. The first-order valence-electron chi connectivity index (χ1n) is 6.01. The van der Waals surface area contributed by atoms with E-state index >= 15 is 0 Å². The molecule has 2 heterocycles. The van der Waals surface area contributed by atoms with Gasteiger partial charge in [0.05, 0.1) is 12.5 Å². The highest BCUT2D eigenvalue weighted by Gasteiger charge is 1.99. The van der Waals surface area contributed by atoms with Gasteiger partial charge in [0.1, 0.15) is 18.1 Å². The average Bonchev–Trinajstić information content (AvgIpc) is 2.45. The van der Waals surface area contributed by atoms with Crippen LogP contribution in [0, 0.1) is 0 Å². The third kappa shape index (κ3) is 4.68. The van der Waals surface area contributed by atoms with Crippen molar-refractivity contribution in [2.75, 3.05) is 6.61 Å². The van der Waals surface area contributed by atoms with Gasteiger partial charge in [-0.3, -0.25) is 4.98 Å². The van der Waals surface area contributed by atoms with E-state index in [1.54, 1.807) is 24.8 Å². The molecule has 3 nitrogen and oxygen atoms in total. The summed E-state index contributed by atoms with van der Waals surface area (Å²) in [5.74, 6) is 0.748. The van der Waals surface area contributed by atoms with Crippen molar-refractivity contribution in [2.24, 2.45) is 0 Å². The van der Waals surface area contributed by atoms with E-state index in [2.05, 4.69) is 4.98 Å². The van der Waals surface area contributed by atoms with Gasteiger partial charge in [0.2, 0.25) is 0 Å². The second kappa shape index (κ2) is 7.71. The van der Waals surface area contributed by atoms with Crippen LogP contribution in [0.3, 0.4) is 0 Å². The fourth-order valence-electron chi connectivity index (χ4n) is 1.42. The van der Waals surface area contributed by atoms with Crippen LogP contribution < -0.4 is 4.74 Å². The van der Waals surface area contributed by atoms with Gasteiger partial charge >= 0.3 is 0 Å². The highest BCUT2D eigenvalue weighted by Crippen LogP contribution is 2.16. The third-order valence-electron chi connectivity index (χ3n) is 2.28. The zero-order valence-corrected chi connectivity index (χ0v) is 10.5. The first-order chi connectivity index (χ1) is 9.47. The monoisotopic (exact) mass is 253 g/mol. The summed E-state index contributed by atoms with van der Waals surface area (Å²) in [6, 6.07) is 3.74. The van der Waals surface area contributed by atoms with Gasteiger partial charge in [-0.15, -0.1) is 0 Å². The van der Waals surface area contributed by atoms with E-state index in [4.69, 9.17) is 9.47 Å². The number of hydrogen-bond acceptors (Lipinski definition) is 3. The molecule has 1 aromatic heterocycles. The molecule has 0 spiro atoms. The van der Waals surface area contributed by atoms with Crippen LogP contribution in [0.1, 0.15) is 5.69 Å². The first-order valence-corrected chi connectivity index (χ1v) is 6.01. The van der Waals surface area contributed by atoms with Crippen molar-refractivity contribution >= 4 is 6.08 Å². The van der Waals surface area contributed by atoms with Gasteiger partial charge in [-0.2, -0.15) is 0 Å². The molecule has 0 radical (unpaired) electrons. The summed E-state index contributed by atoms with van der Waals surface area (Å²) in [7, 11) is 0. The van der Waals surface area contributed by atoms with Crippen LogP contribution in [-0.4, -0.2) is 11.6 Å². The lowest BCUT2D eigenvalue weighted by atomic mass is 10.3. The van der Waals surface area contributed by atoms with Gasteiger partial charge in [0.15, 0.2) is 0 Å². The molecule has 1 aromatic rings. The molecule has 1 aliphatic rings. The largest absolute Gasteiger partial charge is 0.487 e. The summed E-state index contributed by atoms with van der Waals surface area (Å²) in [5.41, 5.74) is 0.804.